The predicted octanol–water partition coefficient (Wildman–Crippen LogP) is 1.87. The van der Waals surface area contributed by atoms with Gasteiger partial charge in [-0.2, -0.15) is 5.26 Å². The minimum atomic E-state index is 0.116. The lowest BCUT2D eigenvalue weighted by molar-refractivity contribution is 0.121. The molecule has 0 spiro atoms. The minimum absolute atomic E-state index is 0.116. The molecule has 1 rings (SSSR count). The average Bonchev–Trinajstić information content (AvgIpc) is 2.29. The maximum Gasteiger partial charge on any atom is 0.0976 e. The summed E-state index contributed by atoms with van der Waals surface area (Å²) in [5.41, 5.74) is 1.38. The molecule has 16 heavy (non-hydrogen) atoms. The Balaban J connectivity index is 2.34. The minimum Gasteiger partial charge on any atom is -0.297 e. The quantitative estimate of drug-likeness (QED) is 0.679. The van der Waals surface area contributed by atoms with Gasteiger partial charge in [0.25, 0.3) is 0 Å². The molecular formula is C13H23N3. The Bertz CT molecular complexity index is 265. The van der Waals surface area contributed by atoms with Gasteiger partial charge in [0.2, 0.25) is 0 Å². The van der Waals surface area contributed by atoms with E-state index in [4.69, 9.17) is 5.26 Å². The Labute approximate surface area is 99.3 Å². The molecule has 1 atom stereocenters. The van der Waals surface area contributed by atoms with E-state index in [0.717, 1.165) is 39.1 Å². The van der Waals surface area contributed by atoms with E-state index >= 15 is 0 Å². The Morgan fingerprint density at radius 2 is 1.94 bits per heavy atom. The summed E-state index contributed by atoms with van der Waals surface area (Å²) in [6.07, 6.45) is 3.21. The van der Waals surface area contributed by atoms with Gasteiger partial charge in [-0.25, -0.2) is 0 Å². The van der Waals surface area contributed by atoms with Crippen molar-refractivity contribution < 1.29 is 0 Å². The van der Waals surface area contributed by atoms with Crippen LogP contribution in [0.25, 0.3) is 0 Å². The van der Waals surface area contributed by atoms with E-state index in [1.54, 1.807) is 0 Å². The van der Waals surface area contributed by atoms with Crippen LogP contribution in [0, 0.1) is 11.3 Å². The highest BCUT2D eigenvalue weighted by Gasteiger charge is 2.21. The van der Waals surface area contributed by atoms with Gasteiger partial charge >= 0.3 is 0 Å². The lowest BCUT2D eigenvalue weighted by Crippen LogP contribution is -2.49. The Morgan fingerprint density at radius 3 is 2.38 bits per heavy atom. The molecule has 1 aliphatic heterocycles. The number of hydrogen-bond acceptors (Lipinski definition) is 3. The SMILES string of the molecule is CCC(C#N)N1CCN(CC=C(C)C)CC1. The van der Waals surface area contributed by atoms with Gasteiger partial charge in [-0.05, 0) is 20.3 Å². The summed E-state index contributed by atoms with van der Waals surface area (Å²) in [5.74, 6) is 0. The van der Waals surface area contributed by atoms with E-state index in [-0.39, 0.29) is 6.04 Å². The second kappa shape index (κ2) is 6.67. The Morgan fingerprint density at radius 1 is 1.31 bits per heavy atom. The molecule has 0 N–H and O–H groups in total. The van der Waals surface area contributed by atoms with Crippen LogP contribution in [0.3, 0.4) is 0 Å². The summed E-state index contributed by atoms with van der Waals surface area (Å²) in [6.45, 7) is 11.6. The summed E-state index contributed by atoms with van der Waals surface area (Å²) < 4.78 is 0. The normalized spacial score (nSPS) is 20.1. The van der Waals surface area contributed by atoms with Crippen LogP contribution in [0.2, 0.25) is 0 Å². The van der Waals surface area contributed by atoms with Crippen LogP contribution < -0.4 is 0 Å². The standard InChI is InChI=1S/C13H23N3/c1-4-13(11-14)16-9-7-15(8-10-16)6-5-12(2)3/h5,13H,4,6-10H2,1-3H3. The first kappa shape index (κ1) is 13.2. The van der Waals surface area contributed by atoms with Crippen molar-refractivity contribution in [3.05, 3.63) is 11.6 Å². The molecule has 1 aliphatic rings. The lowest BCUT2D eigenvalue weighted by Gasteiger charge is -2.36. The number of piperazine rings is 1. The van der Waals surface area contributed by atoms with E-state index < -0.39 is 0 Å². The fraction of sp³-hybridized carbons (Fsp3) is 0.769. The topological polar surface area (TPSA) is 30.3 Å². The second-order valence-electron chi connectivity index (χ2n) is 4.67. The highest BCUT2D eigenvalue weighted by Crippen LogP contribution is 2.08. The first-order valence-electron chi connectivity index (χ1n) is 6.16. The smallest absolute Gasteiger partial charge is 0.0976 e. The average molecular weight is 221 g/mol. The van der Waals surface area contributed by atoms with Crippen LogP contribution in [-0.2, 0) is 0 Å². The van der Waals surface area contributed by atoms with Crippen LogP contribution in [0.4, 0.5) is 0 Å². The highest BCUT2D eigenvalue weighted by molar-refractivity contribution is 4.97. The summed E-state index contributed by atoms with van der Waals surface area (Å²) in [5, 5.41) is 9.01. The molecule has 0 radical (unpaired) electrons. The third-order valence-corrected chi connectivity index (χ3v) is 3.14. The lowest BCUT2D eigenvalue weighted by atomic mass is 10.2. The molecular weight excluding hydrogens is 198 g/mol. The van der Waals surface area contributed by atoms with E-state index in [2.05, 4.69) is 42.7 Å². The molecule has 1 saturated heterocycles. The fourth-order valence-electron chi connectivity index (χ4n) is 2.00. The number of nitrogens with zero attached hydrogens (tertiary/aromatic N) is 3. The first-order chi connectivity index (χ1) is 7.67. The third-order valence-electron chi connectivity index (χ3n) is 3.14. The molecule has 90 valence electrons. The van der Waals surface area contributed by atoms with E-state index in [9.17, 15) is 0 Å². The molecule has 1 heterocycles. The highest BCUT2D eigenvalue weighted by atomic mass is 15.3. The summed E-state index contributed by atoms with van der Waals surface area (Å²) in [6, 6.07) is 2.50. The number of nitriles is 1. The van der Waals surface area contributed by atoms with Crippen molar-refractivity contribution in [3.63, 3.8) is 0 Å². The van der Waals surface area contributed by atoms with Gasteiger partial charge in [0.05, 0.1) is 12.1 Å². The van der Waals surface area contributed by atoms with Gasteiger partial charge in [0, 0.05) is 32.7 Å². The molecule has 3 heteroatoms. The molecule has 0 saturated carbocycles. The van der Waals surface area contributed by atoms with Gasteiger partial charge in [0.1, 0.15) is 0 Å². The van der Waals surface area contributed by atoms with Crippen LogP contribution >= 0.6 is 0 Å². The molecule has 0 aromatic carbocycles. The summed E-state index contributed by atoms with van der Waals surface area (Å²) in [7, 11) is 0. The summed E-state index contributed by atoms with van der Waals surface area (Å²) in [4.78, 5) is 4.76. The maximum absolute atomic E-state index is 9.01. The van der Waals surface area contributed by atoms with Gasteiger partial charge < -0.3 is 0 Å². The summed E-state index contributed by atoms with van der Waals surface area (Å²) >= 11 is 0. The van der Waals surface area contributed by atoms with Crippen LogP contribution in [0.5, 0.6) is 0 Å². The van der Waals surface area contributed by atoms with Crippen molar-refractivity contribution in [1.82, 2.24) is 9.80 Å². The molecule has 0 bridgehead atoms. The fourth-order valence-corrected chi connectivity index (χ4v) is 2.00. The Hall–Kier alpha value is -0.850. The van der Waals surface area contributed by atoms with Gasteiger partial charge in [-0.3, -0.25) is 9.80 Å². The molecule has 1 unspecified atom stereocenters. The van der Waals surface area contributed by atoms with Crippen molar-refractivity contribution in [2.24, 2.45) is 0 Å². The molecule has 0 amide bonds. The predicted molar refractivity (Wildman–Crippen MR) is 67.1 cm³/mol. The van der Waals surface area contributed by atoms with Crippen molar-refractivity contribution in [2.75, 3.05) is 32.7 Å². The van der Waals surface area contributed by atoms with E-state index in [1.807, 2.05) is 0 Å². The molecule has 1 fully saturated rings. The molecule has 3 nitrogen and oxygen atoms in total. The number of allylic oxidation sites excluding steroid dienone is 1. The van der Waals surface area contributed by atoms with E-state index in [0.29, 0.717) is 0 Å². The van der Waals surface area contributed by atoms with Crippen molar-refractivity contribution in [3.8, 4) is 6.07 Å². The van der Waals surface area contributed by atoms with Crippen LogP contribution in [-0.4, -0.2) is 48.6 Å². The van der Waals surface area contributed by atoms with E-state index in [1.165, 1.54) is 5.57 Å². The van der Waals surface area contributed by atoms with Gasteiger partial charge in [-0.1, -0.05) is 18.6 Å². The zero-order valence-corrected chi connectivity index (χ0v) is 10.7. The largest absolute Gasteiger partial charge is 0.297 e. The van der Waals surface area contributed by atoms with Crippen molar-refractivity contribution in [1.29, 1.82) is 5.26 Å². The molecule has 0 aliphatic carbocycles. The third kappa shape index (κ3) is 3.96. The first-order valence-corrected chi connectivity index (χ1v) is 6.16. The van der Waals surface area contributed by atoms with Crippen molar-refractivity contribution >= 4 is 0 Å². The van der Waals surface area contributed by atoms with Crippen LogP contribution in [0.1, 0.15) is 27.2 Å². The second-order valence-corrected chi connectivity index (χ2v) is 4.67. The van der Waals surface area contributed by atoms with Crippen molar-refractivity contribution in [2.45, 2.75) is 33.2 Å². The molecule has 0 aromatic rings. The number of rotatable bonds is 4. The van der Waals surface area contributed by atoms with Gasteiger partial charge in [0.15, 0.2) is 0 Å². The number of hydrogen-bond donors (Lipinski definition) is 0. The molecule has 0 aromatic heterocycles. The van der Waals surface area contributed by atoms with Gasteiger partial charge in [-0.15, -0.1) is 0 Å². The Kier molecular flexibility index (Phi) is 5.51. The monoisotopic (exact) mass is 221 g/mol. The maximum atomic E-state index is 9.01. The zero-order valence-electron chi connectivity index (χ0n) is 10.7. The van der Waals surface area contributed by atoms with Crippen LogP contribution in [0.15, 0.2) is 11.6 Å². The zero-order chi connectivity index (χ0) is 12.0.